The van der Waals surface area contributed by atoms with Gasteiger partial charge in [-0.3, -0.25) is 14.9 Å². The SMILES string of the molecule is O=C1CC2(CCC(C(F)(F)F)CC2)CC(=O)N1. The number of piperidine rings is 1. The Morgan fingerprint density at radius 2 is 1.53 bits per heavy atom. The van der Waals surface area contributed by atoms with E-state index < -0.39 is 17.5 Å². The van der Waals surface area contributed by atoms with Gasteiger partial charge in [0, 0.05) is 12.8 Å². The second-order valence-electron chi connectivity index (χ2n) is 5.14. The molecule has 0 unspecified atom stereocenters. The molecule has 3 nitrogen and oxygen atoms in total. The fraction of sp³-hybridized carbons (Fsp3) is 0.818. The molecule has 1 spiro atoms. The number of carbonyl (C=O) groups is 2. The lowest BCUT2D eigenvalue weighted by Gasteiger charge is -2.41. The van der Waals surface area contributed by atoms with Gasteiger partial charge >= 0.3 is 6.18 Å². The zero-order valence-electron chi connectivity index (χ0n) is 9.27. The summed E-state index contributed by atoms with van der Waals surface area (Å²) in [7, 11) is 0. The van der Waals surface area contributed by atoms with Crippen LogP contribution in [0, 0.1) is 11.3 Å². The minimum absolute atomic E-state index is 0.0318. The maximum Gasteiger partial charge on any atom is 0.391 e. The molecule has 2 aliphatic rings. The van der Waals surface area contributed by atoms with Crippen molar-refractivity contribution in [3.8, 4) is 0 Å². The standard InChI is InChI=1S/C11H14F3NO2/c12-11(13,14)7-1-3-10(4-2-7)5-8(16)15-9(17)6-10/h7H,1-6H2,(H,15,16,17). The quantitative estimate of drug-likeness (QED) is 0.669. The Kier molecular flexibility index (Phi) is 2.91. The van der Waals surface area contributed by atoms with Crippen LogP contribution in [0.4, 0.5) is 13.2 Å². The number of amides is 2. The topological polar surface area (TPSA) is 46.2 Å². The summed E-state index contributed by atoms with van der Waals surface area (Å²) in [6, 6.07) is 0. The Balaban J connectivity index is 2.02. The normalized spacial score (nSPS) is 26.1. The van der Waals surface area contributed by atoms with E-state index in [1.165, 1.54) is 0 Å². The number of imide groups is 1. The molecule has 2 fully saturated rings. The monoisotopic (exact) mass is 249 g/mol. The van der Waals surface area contributed by atoms with Crippen LogP contribution in [0.2, 0.25) is 0 Å². The molecule has 2 amide bonds. The number of nitrogens with one attached hydrogen (secondary N) is 1. The average molecular weight is 249 g/mol. The molecule has 0 aromatic heterocycles. The van der Waals surface area contributed by atoms with E-state index >= 15 is 0 Å². The van der Waals surface area contributed by atoms with Gasteiger partial charge < -0.3 is 0 Å². The third kappa shape index (κ3) is 2.61. The summed E-state index contributed by atoms with van der Waals surface area (Å²) in [6.07, 6.45) is -3.09. The van der Waals surface area contributed by atoms with Crippen LogP contribution < -0.4 is 5.32 Å². The van der Waals surface area contributed by atoms with Crippen molar-refractivity contribution in [2.45, 2.75) is 44.7 Å². The Morgan fingerprint density at radius 3 is 1.94 bits per heavy atom. The molecular formula is C11H14F3NO2. The predicted octanol–water partition coefficient (Wildman–Crippen LogP) is 2.16. The zero-order valence-corrected chi connectivity index (χ0v) is 9.27. The number of alkyl halides is 3. The lowest BCUT2D eigenvalue weighted by molar-refractivity contribution is -0.188. The van der Waals surface area contributed by atoms with Crippen LogP contribution in [-0.4, -0.2) is 18.0 Å². The van der Waals surface area contributed by atoms with Crippen LogP contribution in [0.25, 0.3) is 0 Å². The highest BCUT2D eigenvalue weighted by atomic mass is 19.4. The number of hydrogen-bond acceptors (Lipinski definition) is 2. The minimum Gasteiger partial charge on any atom is -0.296 e. The molecule has 0 aromatic carbocycles. The van der Waals surface area contributed by atoms with Crippen LogP contribution in [0.5, 0.6) is 0 Å². The highest BCUT2D eigenvalue weighted by Gasteiger charge is 2.48. The van der Waals surface area contributed by atoms with Crippen LogP contribution >= 0.6 is 0 Å². The Labute approximate surface area is 96.7 Å². The van der Waals surface area contributed by atoms with Gasteiger partial charge in [-0.15, -0.1) is 0 Å². The molecule has 1 N–H and O–H groups in total. The lowest BCUT2D eigenvalue weighted by Crippen LogP contribution is -2.47. The number of carbonyl (C=O) groups excluding carboxylic acids is 2. The molecule has 0 bridgehead atoms. The molecule has 0 atom stereocenters. The number of halogens is 3. The van der Waals surface area contributed by atoms with Crippen molar-refractivity contribution >= 4 is 11.8 Å². The highest BCUT2D eigenvalue weighted by molar-refractivity contribution is 5.98. The Bertz CT molecular complexity index is 325. The van der Waals surface area contributed by atoms with E-state index in [2.05, 4.69) is 5.32 Å². The number of rotatable bonds is 0. The predicted molar refractivity (Wildman–Crippen MR) is 52.8 cm³/mol. The molecule has 0 radical (unpaired) electrons. The smallest absolute Gasteiger partial charge is 0.296 e. The van der Waals surface area contributed by atoms with Gasteiger partial charge in [-0.2, -0.15) is 13.2 Å². The summed E-state index contributed by atoms with van der Waals surface area (Å²) in [6.45, 7) is 0. The summed E-state index contributed by atoms with van der Waals surface area (Å²) in [5, 5.41) is 2.19. The van der Waals surface area contributed by atoms with Gasteiger partial charge in [-0.25, -0.2) is 0 Å². The van der Waals surface area contributed by atoms with Crippen LogP contribution in [0.1, 0.15) is 38.5 Å². The molecule has 96 valence electrons. The molecule has 6 heteroatoms. The fourth-order valence-corrected chi connectivity index (χ4v) is 2.90. The molecule has 0 aromatic rings. The van der Waals surface area contributed by atoms with Crippen molar-refractivity contribution < 1.29 is 22.8 Å². The fourth-order valence-electron chi connectivity index (χ4n) is 2.90. The van der Waals surface area contributed by atoms with E-state index in [1.807, 2.05) is 0 Å². The zero-order chi connectivity index (χ0) is 12.7. The van der Waals surface area contributed by atoms with Crippen LogP contribution in [-0.2, 0) is 9.59 Å². The summed E-state index contributed by atoms with van der Waals surface area (Å²) in [4.78, 5) is 22.5. The molecule has 2 rings (SSSR count). The summed E-state index contributed by atoms with van der Waals surface area (Å²) in [5.74, 6) is -1.98. The van der Waals surface area contributed by atoms with E-state index in [9.17, 15) is 22.8 Å². The molecule has 1 aliphatic heterocycles. The van der Waals surface area contributed by atoms with Crippen molar-refractivity contribution in [3.63, 3.8) is 0 Å². The highest BCUT2D eigenvalue weighted by Crippen LogP contribution is 2.49. The molecular weight excluding hydrogens is 235 g/mol. The second-order valence-corrected chi connectivity index (χ2v) is 5.14. The van der Waals surface area contributed by atoms with Crippen molar-refractivity contribution in [1.82, 2.24) is 5.32 Å². The van der Waals surface area contributed by atoms with E-state index in [0.717, 1.165) is 0 Å². The Morgan fingerprint density at radius 1 is 1.06 bits per heavy atom. The average Bonchev–Trinajstić information content (AvgIpc) is 2.14. The number of hydrogen-bond donors (Lipinski definition) is 1. The van der Waals surface area contributed by atoms with E-state index in [-0.39, 0.29) is 37.5 Å². The van der Waals surface area contributed by atoms with Crippen LogP contribution in [0.3, 0.4) is 0 Å². The molecule has 17 heavy (non-hydrogen) atoms. The van der Waals surface area contributed by atoms with E-state index in [0.29, 0.717) is 12.8 Å². The molecule has 1 saturated heterocycles. The molecule has 1 saturated carbocycles. The maximum absolute atomic E-state index is 12.5. The van der Waals surface area contributed by atoms with Crippen molar-refractivity contribution in [2.75, 3.05) is 0 Å². The first-order valence-corrected chi connectivity index (χ1v) is 5.70. The maximum atomic E-state index is 12.5. The summed E-state index contributed by atoms with van der Waals surface area (Å²) >= 11 is 0. The van der Waals surface area contributed by atoms with Gasteiger partial charge in [-0.05, 0) is 31.1 Å². The first-order chi connectivity index (χ1) is 7.81. The second kappa shape index (κ2) is 3.99. The van der Waals surface area contributed by atoms with Gasteiger partial charge in [0.15, 0.2) is 0 Å². The summed E-state index contributed by atoms with van der Waals surface area (Å²) < 4.78 is 37.5. The van der Waals surface area contributed by atoms with Crippen molar-refractivity contribution in [3.05, 3.63) is 0 Å². The molecule has 1 aliphatic carbocycles. The lowest BCUT2D eigenvalue weighted by atomic mass is 9.65. The van der Waals surface area contributed by atoms with Gasteiger partial charge in [0.05, 0.1) is 5.92 Å². The molecule has 1 heterocycles. The first kappa shape index (κ1) is 12.4. The van der Waals surface area contributed by atoms with Gasteiger partial charge in [-0.1, -0.05) is 0 Å². The summed E-state index contributed by atoms with van der Waals surface area (Å²) in [5.41, 5.74) is -0.513. The van der Waals surface area contributed by atoms with E-state index in [1.54, 1.807) is 0 Å². The third-order valence-corrected chi connectivity index (χ3v) is 3.86. The Hall–Kier alpha value is -1.07. The first-order valence-electron chi connectivity index (χ1n) is 5.70. The van der Waals surface area contributed by atoms with Crippen LogP contribution in [0.15, 0.2) is 0 Å². The van der Waals surface area contributed by atoms with Crippen molar-refractivity contribution in [1.29, 1.82) is 0 Å². The van der Waals surface area contributed by atoms with Crippen molar-refractivity contribution in [2.24, 2.45) is 11.3 Å². The largest absolute Gasteiger partial charge is 0.391 e. The third-order valence-electron chi connectivity index (χ3n) is 3.86. The van der Waals surface area contributed by atoms with Gasteiger partial charge in [0.25, 0.3) is 0 Å². The minimum atomic E-state index is -4.15. The van der Waals surface area contributed by atoms with Gasteiger partial charge in [0.1, 0.15) is 0 Å². The van der Waals surface area contributed by atoms with E-state index in [4.69, 9.17) is 0 Å². The van der Waals surface area contributed by atoms with Gasteiger partial charge in [0.2, 0.25) is 11.8 Å².